The van der Waals surface area contributed by atoms with E-state index in [1.165, 1.54) is 12.1 Å². The highest BCUT2D eigenvalue weighted by molar-refractivity contribution is 5.29. The Kier molecular flexibility index (Phi) is 5.01. The quantitative estimate of drug-likeness (QED) is 0.715. The van der Waals surface area contributed by atoms with Gasteiger partial charge in [0, 0.05) is 0 Å². The molecule has 0 aliphatic carbocycles. The second-order valence-corrected chi connectivity index (χ2v) is 3.77. The zero-order chi connectivity index (χ0) is 13.6. The van der Waals surface area contributed by atoms with Gasteiger partial charge >= 0.3 is 6.18 Å². The highest BCUT2D eigenvalue weighted by Crippen LogP contribution is 2.30. The Balaban J connectivity index is 2.52. The van der Waals surface area contributed by atoms with Crippen molar-refractivity contribution >= 4 is 0 Å². The van der Waals surface area contributed by atoms with Crippen molar-refractivity contribution in [2.75, 3.05) is 6.61 Å². The third-order valence-electron chi connectivity index (χ3n) is 2.36. The molecule has 0 fully saturated rings. The van der Waals surface area contributed by atoms with Crippen LogP contribution in [0.15, 0.2) is 48.1 Å². The summed E-state index contributed by atoms with van der Waals surface area (Å²) in [4.78, 5) is 0. The Hall–Kier alpha value is -1.71. The Morgan fingerprint density at radius 3 is 2.33 bits per heavy atom. The summed E-state index contributed by atoms with van der Waals surface area (Å²) < 4.78 is 42.2. The van der Waals surface area contributed by atoms with Gasteiger partial charge in [0.05, 0.1) is 5.56 Å². The summed E-state index contributed by atoms with van der Waals surface area (Å²) in [5, 5.41) is 0. The molecule has 0 amide bonds. The Bertz CT molecular complexity index is 427. The highest BCUT2D eigenvalue weighted by Gasteiger charge is 2.29. The second-order valence-electron chi connectivity index (χ2n) is 3.77. The van der Waals surface area contributed by atoms with Crippen LogP contribution in [-0.2, 0) is 6.18 Å². The molecule has 4 heteroatoms. The monoisotopic (exact) mass is 256 g/mol. The summed E-state index contributed by atoms with van der Waals surface area (Å²) in [5.74, 6) is 0.422. The minimum Gasteiger partial charge on any atom is -0.490 e. The maximum Gasteiger partial charge on any atom is 0.416 e. The van der Waals surface area contributed by atoms with Gasteiger partial charge in [-0.15, -0.1) is 0 Å². The molecule has 0 saturated carbocycles. The van der Waals surface area contributed by atoms with E-state index in [1.807, 2.05) is 32.1 Å². The molecule has 0 N–H and O–H groups in total. The predicted molar refractivity (Wildman–Crippen MR) is 65.5 cm³/mol. The zero-order valence-corrected chi connectivity index (χ0v) is 10.3. The highest BCUT2D eigenvalue weighted by atomic mass is 19.4. The number of ether oxygens (including phenoxy) is 1. The summed E-state index contributed by atoms with van der Waals surface area (Å²) in [7, 11) is 0. The van der Waals surface area contributed by atoms with Crippen LogP contribution in [0.1, 0.15) is 19.4 Å². The van der Waals surface area contributed by atoms with Crippen LogP contribution in [0.2, 0.25) is 0 Å². The normalized spacial score (nSPS) is 13.1. The fourth-order valence-electron chi connectivity index (χ4n) is 1.21. The van der Waals surface area contributed by atoms with Gasteiger partial charge in [-0.2, -0.15) is 13.2 Å². The lowest BCUT2D eigenvalue weighted by Gasteiger charge is -2.07. The first-order valence-electron chi connectivity index (χ1n) is 5.53. The Morgan fingerprint density at radius 2 is 1.83 bits per heavy atom. The van der Waals surface area contributed by atoms with Crippen LogP contribution in [0.5, 0.6) is 5.75 Å². The van der Waals surface area contributed by atoms with E-state index in [0.29, 0.717) is 12.4 Å². The molecule has 98 valence electrons. The molecule has 18 heavy (non-hydrogen) atoms. The van der Waals surface area contributed by atoms with E-state index in [0.717, 1.165) is 17.7 Å². The lowest BCUT2D eigenvalue weighted by Crippen LogP contribution is -2.04. The SMILES string of the molecule is C/C=C(C)\C=C/COc1ccc(C(F)(F)F)cc1. The van der Waals surface area contributed by atoms with Gasteiger partial charge < -0.3 is 4.74 Å². The lowest BCUT2D eigenvalue weighted by atomic mass is 10.2. The van der Waals surface area contributed by atoms with Crippen LogP contribution in [0.4, 0.5) is 13.2 Å². The van der Waals surface area contributed by atoms with Gasteiger partial charge in [-0.05, 0) is 44.2 Å². The van der Waals surface area contributed by atoms with Crippen molar-refractivity contribution < 1.29 is 17.9 Å². The average molecular weight is 256 g/mol. The largest absolute Gasteiger partial charge is 0.490 e. The van der Waals surface area contributed by atoms with E-state index < -0.39 is 11.7 Å². The molecule has 0 heterocycles. The average Bonchev–Trinajstić information content (AvgIpc) is 2.33. The number of hydrogen-bond donors (Lipinski definition) is 0. The van der Waals surface area contributed by atoms with Gasteiger partial charge in [0.2, 0.25) is 0 Å². The van der Waals surface area contributed by atoms with Gasteiger partial charge in [-0.25, -0.2) is 0 Å². The molecule has 1 rings (SSSR count). The van der Waals surface area contributed by atoms with E-state index in [-0.39, 0.29) is 0 Å². The topological polar surface area (TPSA) is 9.23 Å². The van der Waals surface area contributed by atoms with E-state index >= 15 is 0 Å². The van der Waals surface area contributed by atoms with Crippen molar-refractivity contribution in [3.8, 4) is 5.75 Å². The van der Waals surface area contributed by atoms with Crippen molar-refractivity contribution in [2.24, 2.45) is 0 Å². The molecule has 1 aromatic rings. The summed E-state index contributed by atoms with van der Waals surface area (Å²) in [6.07, 6.45) is 1.35. The van der Waals surface area contributed by atoms with E-state index in [2.05, 4.69) is 0 Å². The molecule has 1 aromatic carbocycles. The molecule has 0 bridgehead atoms. The van der Waals surface area contributed by atoms with Crippen LogP contribution < -0.4 is 4.74 Å². The molecule has 0 radical (unpaired) electrons. The van der Waals surface area contributed by atoms with Crippen molar-refractivity contribution in [2.45, 2.75) is 20.0 Å². The first-order chi connectivity index (χ1) is 8.43. The predicted octanol–water partition coefficient (Wildman–Crippen LogP) is 4.61. The van der Waals surface area contributed by atoms with Crippen molar-refractivity contribution in [3.63, 3.8) is 0 Å². The van der Waals surface area contributed by atoms with Crippen LogP contribution in [0, 0.1) is 0 Å². The first-order valence-corrected chi connectivity index (χ1v) is 5.53. The maximum atomic E-state index is 12.3. The lowest BCUT2D eigenvalue weighted by molar-refractivity contribution is -0.137. The van der Waals surface area contributed by atoms with Gasteiger partial charge in [0.25, 0.3) is 0 Å². The fourth-order valence-corrected chi connectivity index (χ4v) is 1.21. The summed E-state index contributed by atoms with van der Waals surface area (Å²) >= 11 is 0. The molecular weight excluding hydrogens is 241 g/mol. The molecule has 1 nitrogen and oxygen atoms in total. The summed E-state index contributed by atoms with van der Waals surface area (Å²) in [6.45, 7) is 4.21. The van der Waals surface area contributed by atoms with E-state index in [4.69, 9.17) is 4.74 Å². The standard InChI is InChI=1S/C14H15F3O/c1-3-11(2)5-4-10-18-13-8-6-12(7-9-13)14(15,16)17/h3-9H,10H2,1-2H3/b5-4-,11-3-. The number of benzene rings is 1. The van der Waals surface area contributed by atoms with E-state index in [1.54, 1.807) is 0 Å². The van der Waals surface area contributed by atoms with Crippen LogP contribution in [-0.4, -0.2) is 6.61 Å². The number of hydrogen-bond acceptors (Lipinski definition) is 1. The summed E-state index contributed by atoms with van der Waals surface area (Å²) in [6, 6.07) is 4.66. The maximum absolute atomic E-state index is 12.3. The van der Waals surface area contributed by atoms with Crippen molar-refractivity contribution in [1.82, 2.24) is 0 Å². The molecule has 0 saturated heterocycles. The second kappa shape index (κ2) is 6.28. The van der Waals surface area contributed by atoms with Gasteiger partial charge in [-0.3, -0.25) is 0 Å². The van der Waals surface area contributed by atoms with Gasteiger partial charge in [-0.1, -0.05) is 17.7 Å². The number of allylic oxidation sites excluding steroid dienone is 3. The summed E-state index contributed by atoms with van der Waals surface area (Å²) in [5.41, 5.74) is 0.432. The smallest absolute Gasteiger partial charge is 0.416 e. The molecule has 0 atom stereocenters. The van der Waals surface area contributed by atoms with Crippen molar-refractivity contribution in [3.05, 3.63) is 53.6 Å². The van der Waals surface area contributed by atoms with Gasteiger partial charge in [0.1, 0.15) is 12.4 Å². The molecular formula is C14H15F3O. The Morgan fingerprint density at radius 1 is 1.22 bits per heavy atom. The van der Waals surface area contributed by atoms with E-state index in [9.17, 15) is 13.2 Å². The Labute approximate surface area is 105 Å². The van der Waals surface area contributed by atoms with Crippen LogP contribution >= 0.6 is 0 Å². The molecule has 0 spiro atoms. The van der Waals surface area contributed by atoms with Gasteiger partial charge in [0.15, 0.2) is 0 Å². The van der Waals surface area contributed by atoms with Crippen molar-refractivity contribution in [1.29, 1.82) is 0 Å². The fraction of sp³-hybridized carbons (Fsp3) is 0.286. The molecule has 0 unspecified atom stereocenters. The minimum absolute atomic E-state index is 0.330. The number of alkyl halides is 3. The number of rotatable bonds is 4. The molecule has 0 aliphatic heterocycles. The minimum atomic E-state index is -4.30. The molecule has 0 aliphatic rings. The number of halogens is 3. The molecule has 0 aromatic heterocycles. The first kappa shape index (κ1) is 14.4. The third-order valence-corrected chi connectivity index (χ3v) is 2.36. The van der Waals surface area contributed by atoms with Crippen LogP contribution in [0.25, 0.3) is 0 Å². The zero-order valence-electron chi connectivity index (χ0n) is 10.3. The third kappa shape index (κ3) is 4.65. The van der Waals surface area contributed by atoms with Crippen LogP contribution in [0.3, 0.4) is 0 Å².